The predicted octanol–water partition coefficient (Wildman–Crippen LogP) is 4.41. The summed E-state index contributed by atoms with van der Waals surface area (Å²) in [6.07, 6.45) is 8.30. The zero-order chi connectivity index (χ0) is 17.5. The fourth-order valence-corrected chi connectivity index (χ4v) is 3.62. The second-order valence-corrected chi connectivity index (χ2v) is 7.15. The summed E-state index contributed by atoms with van der Waals surface area (Å²) in [7, 11) is 0. The molecule has 1 aliphatic carbocycles. The molecule has 5 nitrogen and oxygen atoms in total. The van der Waals surface area contributed by atoms with Gasteiger partial charge in [-0.2, -0.15) is 4.98 Å². The van der Waals surface area contributed by atoms with Crippen LogP contribution in [0.1, 0.15) is 62.7 Å². The largest absolute Gasteiger partial charge is 0.483 e. The predicted molar refractivity (Wildman–Crippen MR) is 97.3 cm³/mol. The maximum Gasteiger partial charge on any atom is 0.264 e. The summed E-state index contributed by atoms with van der Waals surface area (Å²) in [5.41, 5.74) is 1.16. The van der Waals surface area contributed by atoms with Crippen LogP contribution in [0.25, 0.3) is 0 Å². The lowest BCUT2D eigenvalue weighted by Crippen LogP contribution is -2.28. The van der Waals surface area contributed by atoms with Crippen molar-refractivity contribution in [2.75, 3.05) is 0 Å². The number of para-hydroxylation sites is 1. The van der Waals surface area contributed by atoms with Gasteiger partial charge in [-0.1, -0.05) is 55.5 Å². The normalized spacial score (nSPS) is 16.7. The summed E-state index contributed by atoms with van der Waals surface area (Å²) in [5, 5.41) is 7.45. The summed E-state index contributed by atoms with van der Waals surface area (Å²) in [5.74, 6) is 2.90. The van der Waals surface area contributed by atoms with Crippen molar-refractivity contribution in [3.63, 3.8) is 0 Å². The van der Waals surface area contributed by atoms with E-state index >= 15 is 0 Å². The number of ether oxygens (including phenoxy) is 1. The van der Waals surface area contributed by atoms with E-state index in [4.69, 9.17) is 9.26 Å². The van der Waals surface area contributed by atoms with Gasteiger partial charge in [-0.25, -0.2) is 0 Å². The molecular formula is C20H29N3O2. The SMILES string of the molecule is Cc1noc(COc2ccccc2CNC(C)CC2CCCCC2)n1. The topological polar surface area (TPSA) is 60.2 Å². The molecule has 1 atom stereocenters. The number of aryl methyl sites for hydroxylation is 1. The molecule has 5 heteroatoms. The Labute approximate surface area is 150 Å². The highest BCUT2D eigenvalue weighted by molar-refractivity contribution is 5.33. The first-order valence-electron chi connectivity index (χ1n) is 9.44. The van der Waals surface area contributed by atoms with Gasteiger partial charge in [0.05, 0.1) is 0 Å². The smallest absolute Gasteiger partial charge is 0.264 e. The first-order valence-corrected chi connectivity index (χ1v) is 9.44. The lowest BCUT2D eigenvalue weighted by Gasteiger charge is -2.25. The van der Waals surface area contributed by atoms with Crippen LogP contribution < -0.4 is 10.1 Å². The first-order chi connectivity index (χ1) is 12.2. The van der Waals surface area contributed by atoms with Crippen LogP contribution in [0.3, 0.4) is 0 Å². The molecule has 1 N–H and O–H groups in total. The van der Waals surface area contributed by atoms with Gasteiger partial charge in [0.2, 0.25) is 0 Å². The lowest BCUT2D eigenvalue weighted by atomic mass is 9.85. The molecule has 1 aliphatic rings. The molecule has 0 amide bonds. The first kappa shape index (κ1) is 17.9. The third-order valence-corrected chi connectivity index (χ3v) is 4.95. The molecule has 1 aromatic carbocycles. The molecule has 25 heavy (non-hydrogen) atoms. The van der Waals surface area contributed by atoms with Gasteiger partial charge in [0.15, 0.2) is 12.4 Å². The summed E-state index contributed by atoms with van der Waals surface area (Å²) >= 11 is 0. The van der Waals surface area contributed by atoms with E-state index in [0.29, 0.717) is 24.4 Å². The average Bonchev–Trinajstić information content (AvgIpc) is 3.05. The van der Waals surface area contributed by atoms with Crippen molar-refractivity contribution in [1.29, 1.82) is 0 Å². The summed E-state index contributed by atoms with van der Waals surface area (Å²) < 4.78 is 11.0. The van der Waals surface area contributed by atoms with Gasteiger partial charge >= 0.3 is 0 Å². The van der Waals surface area contributed by atoms with Crippen molar-refractivity contribution in [2.24, 2.45) is 5.92 Å². The van der Waals surface area contributed by atoms with E-state index in [2.05, 4.69) is 28.4 Å². The minimum Gasteiger partial charge on any atom is -0.483 e. The molecule has 3 rings (SSSR count). The zero-order valence-electron chi connectivity index (χ0n) is 15.3. The van der Waals surface area contributed by atoms with E-state index in [9.17, 15) is 0 Å². The van der Waals surface area contributed by atoms with E-state index in [1.807, 2.05) is 18.2 Å². The zero-order valence-corrected chi connectivity index (χ0v) is 15.3. The molecular weight excluding hydrogens is 314 g/mol. The van der Waals surface area contributed by atoms with Crippen molar-refractivity contribution < 1.29 is 9.26 Å². The van der Waals surface area contributed by atoms with Crippen molar-refractivity contribution in [3.8, 4) is 5.75 Å². The average molecular weight is 343 g/mol. The monoisotopic (exact) mass is 343 g/mol. The second-order valence-electron chi connectivity index (χ2n) is 7.15. The molecule has 0 radical (unpaired) electrons. The van der Waals surface area contributed by atoms with Crippen LogP contribution in [0.15, 0.2) is 28.8 Å². The van der Waals surface area contributed by atoms with Gasteiger partial charge in [0, 0.05) is 18.2 Å². The van der Waals surface area contributed by atoms with E-state index in [1.54, 1.807) is 6.92 Å². The molecule has 1 fully saturated rings. The molecule has 0 aliphatic heterocycles. The van der Waals surface area contributed by atoms with Crippen molar-refractivity contribution in [3.05, 3.63) is 41.5 Å². The van der Waals surface area contributed by atoms with Crippen LogP contribution >= 0.6 is 0 Å². The molecule has 1 aromatic heterocycles. The quantitative estimate of drug-likeness (QED) is 0.769. The summed E-state index contributed by atoms with van der Waals surface area (Å²) in [6.45, 7) is 5.21. The molecule has 0 spiro atoms. The number of rotatable bonds is 8. The highest BCUT2D eigenvalue weighted by Crippen LogP contribution is 2.27. The second kappa shape index (κ2) is 8.99. The van der Waals surface area contributed by atoms with Gasteiger partial charge in [-0.05, 0) is 32.3 Å². The molecule has 1 heterocycles. The van der Waals surface area contributed by atoms with Crippen LogP contribution in [-0.2, 0) is 13.2 Å². The Morgan fingerprint density at radius 3 is 2.80 bits per heavy atom. The Morgan fingerprint density at radius 1 is 1.24 bits per heavy atom. The Kier molecular flexibility index (Phi) is 6.45. The van der Waals surface area contributed by atoms with Crippen molar-refractivity contribution >= 4 is 0 Å². The number of hydrogen-bond acceptors (Lipinski definition) is 5. The number of aromatic nitrogens is 2. The fourth-order valence-electron chi connectivity index (χ4n) is 3.62. The van der Waals surface area contributed by atoms with Crippen LogP contribution in [0.4, 0.5) is 0 Å². The Morgan fingerprint density at radius 2 is 2.04 bits per heavy atom. The Hall–Kier alpha value is -1.88. The number of benzene rings is 1. The molecule has 1 saturated carbocycles. The highest BCUT2D eigenvalue weighted by atomic mass is 16.5. The van der Waals surface area contributed by atoms with E-state index in [1.165, 1.54) is 38.5 Å². The van der Waals surface area contributed by atoms with Crippen molar-refractivity contribution in [1.82, 2.24) is 15.5 Å². The molecule has 0 bridgehead atoms. The van der Waals surface area contributed by atoms with Gasteiger partial charge in [0.25, 0.3) is 5.89 Å². The third kappa shape index (κ3) is 5.56. The summed E-state index contributed by atoms with van der Waals surface area (Å²) in [4.78, 5) is 4.18. The van der Waals surface area contributed by atoms with E-state index < -0.39 is 0 Å². The maximum atomic E-state index is 5.88. The number of nitrogens with one attached hydrogen (secondary N) is 1. The van der Waals surface area contributed by atoms with Crippen LogP contribution in [-0.4, -0.2) is 16.2 Å². The van der Waals surface area contributed by atoms with Crippen LogP contribution in [0.2, 0.25) is 0 Å². The van der Waals surface area contributed by atoms with Crippen LogP contribution in [0.5, 0.6) is 5.75 Å². The Balaban J connectivity index is 1.49. The molecule has 136 valence electrons. The Bertz CT molecular complexity index is 650. The van der Waals surface area contributed by atoms with Crippen molar-refractivity contribution in [2.45, 2.75) is 71.6 Å². The molecule has 0 saturated heterocycles. The van der Waals surface area contributed by atoms with Crippen LogP contribution in [0, 0.1) is 12.8 Å². The minimum absolute atomic E-state index is 0.301. The number of hydrogen-bond donors (Lipinski definition) is 1. The molecule has 2 aromatic rings. The van der Waals surface area contributed by atoms with Gasteiger partial charge < -0.3 is 14.6 Å². The van der Waals surface area contributed by atoms with Gasteiger partial charge in [-0.3, -0.25) is 0 Å². The van der Waals surface area contributed by atoms with E-state index in [-0.39, 0.29) is 0 Å². The fraction of sp³-hybridized carbons (Fsp3) is 0.600. The maximum absolute atomic E-state index is 5.88. The summed E-state index contributed by atoms with van der Waals surface area (Å²) in [6, 6.07) is 8.66. The number of nitrogens with zero attached hydrogens (tertiary/aromatic N) is 2. The van der Waals surface area contributed by atoms with Gasteiger partial charge in [-0.15, -0.1) is 0 Å². The minimum atomic E-state index is 0.301. The van der Waals surface area contributed by atoms with Gasteiger partial charge in [0.1, 0.15) is 5.75 Å². The highest BCUT2D eigenvalue weighted by Gasteiger charge is 2.16. The van der Waals surface area contributed by atoms with E-state index in [0.717, 1.165) is 23.8 Å². The standard InChI is InChI=1S/C20H29N3O2/c1-15(12-17-8-4-3-5-9-17)21-13-18-10-6-7-11-19(18)24-14-20-22-16(2)23-25-20/h6-7,10-11,15,17,21H,3-5,8-9,12-14H2,1-2H3. The molecule has 1 unspecified atom stereocenters. The third-order valence-electron chi connectivity index (χ3n) is 4.95. The lowest BCUT2D eigenvalue weighted by molar-refractivity contribution is 0.240.